The molecule has 0 spiro atoms. The molecule has 0 unspecified atom stereocenters. The number of nitrogen functional groups attached to an aromatic ring is 1. The number of rotatable bonds is 6. The van der Waals surface area contributed by atoms with Crippen LogP contribution in [0.1, 0.15) is 25.3 Å². The van der Waals surface area contributed by atoms with Crippen LogP contribution in [0.3, 0.4) is 0 Å². The summed E-state index contributed by atoms with van der Waals surface area (Å²) in [5.74, 6) is 0. The summed E-state index contributed by atoms with van der Waals surface area (Å²) in [6, 6.07) is 9.19. The van der Waals surface area contributed by atoms with E-state index in [1.165, 1.54) is 24.4 Å². The lowest BCUT2D eigenvalue weighted by Gasteiger charge is -2.22. The van der Waals surface area contributed by atoms with Crippen LogP contribution in [0.15, 0.2) is 24.3 Å². The van der Waals surface area contributed by atoms with Crippen molar-refractivity contribution in [1.29, 1.82) is 0 Å². The summed E-state index contributed by atoms with van der Waals surface area (Å²) >= 11 is 0. The van der Waals surface area contributed by atoms with Gasteiger partial charge in [-0.2, -0.15) is 0 Å². The van der Waals surface area contributed by atoms with E-state index in [1.54, 1.807) is 0 Å². The SMILES string of the molecule is CCCC[Si](C)(C)OCc1ccc(N)cc1. The molecule has 0 aliphatic rings. The third-order valence-corrected chi connectivity index (χ3v) is 5.23. The van der Waals surface area contributed by atoms with Crippen molar-refractivity contribution < 1.29 is 4.43 Å². The molecule has 0 fully saturated rings. The highest BCUT2D eigenvalue weighted by Crippen LogP contribution is 2.17. The highest BCUT2D eigenvalue weighted by molar-refractivity contribution is 6.71. The van der Waals surface area contributed by atoms with Gasteiger partial charge in [0.25, 0.3) is 0 Å². The number of nitrogens with two attached hydrogens (primary N) is 1. The maximum Gasteiger partial charge on any atom is 0.187 e. The van der Waals surface area contributed by atoms with Gasteiger partial charge in [0.05, 0.1) is 6.61 Å². The van der Waals surface area contributed by atoms with Gasteiger partial charge in [0.1, 0.15) is 0 Å². The zero-order valence-electron chi connectivity index (χ0n) is 10.6. The number of anilines is 1. The van der Waals surface area contributed by atoms with E-state index in [1.807, 2.05) is 24.3 Å². The van der Waals surface area contributed by atoms with Crippen molar-refractivity contribution in [2.24, 2.45) is 0 Å². The first kappa shape index (κ1) is 13.3. The molecule has 0 amide bonds. The first-order valence-electron chi connectivity index (χ1n) is 6.02. The fourth-order valence-corrected chi connectivity index (χ4v) is 3.47. The van der Waals surface area contributed by atoms with Gasteiger partial charge in [-0.05, 0) is 36.8 Å². The van der Waals surface area contributed by atoms with Gasteiger partial charge in [0, 0.05) is 5.69 Å². The summed E-state index contributed by atoms with van der Waals surface area (Å²) in [6.45, 7) is 7.54. The van der Waals surface area contributed by atoms with Gasteiger partial charge in [-0.15, -0.1) is 0 Å². The summed E-state index contributed by atoms with van der Waals surface area (Å²) in [7, 11) is -1.45. The summed E-state index contributed by atoms with van der Waals surface area (Å²) < 4.78 is 6.06. The predicted molar refractivity (Wildman–Crippen MR) is 72.8 cm³/mol. The van der Waals surface area contributed by atoms with Gasteiger partial charge >= 0.3 is 0 Å². The van der Waals surface area contributed by atoms with Gasteiger partial charge in [-0.3, -0.25) is 0 Å². The Balaban J connectivity index is 2.41. The van der Waals surface area contributed by atoms with Crippen LogP contribution >= 0.6 is 0 Å². The van der Waals surface area contributed by atoms with Crippen molar-refractivity contribution in [3.8, 4) is 0 Å². The largest absolute Gasteiger partial charge is 0.413 e. The van der Waals surface area contributed by atoms with Gasteiger partial charge in [0.15, 0.2) is 8.32 Å². The van der Waals surface area contributed by atoms with Crippen molar-refractivity contribution in [3.05, 3.63) is 29.8 Å². The van der Waals surface area contributed by atoms with Crippen LogP contribution in [0.5, 0.6) is 0 Å². The number of benzene rings is 1. The van der Waals surface area contributed by atoms with Gasteiger partial charge < -0.3 is 10.2 Å². The molecule has 1 aromatic carbocycles. The maximum atomic E-state index is 6.06. The molecular weight excluding hydrogens is 214 g/mol. The van der Waals surface area contributed by atoms with E-state index in [-0.39, 0.29) is 0 Å². The van der Waals surface area contributed by atoms with E-state index >= 15 is 0 Å². The lowest BCUT2D eigenvalue weighted by Crippen LogP contribution is -2.29. The Morgan fingerprint density at radius 2 is 1.81 bits per heavy atom. The van der Waals surface area contributed by atoms with Crippen LogP contribution in [0.25, 0.3) is 0 Å². The molecule has 0 aliphatic carbocycles. The predicted octanol–water partition coefficient (Wildman–Crippen LogP) is 3.79. The molecular formula is C13H23NOSi. The minimum absolute atomic E-state index is 0.725. The first-order chi connectivity index (χ1) is 7.53. The van der Waals surface area contributed by atoms with Crippen LogP contribution < -0.4 is 5.73 Å². The smallest absolute Gasteiger partial charge is 0.187 e. The molecule has 0 aliphatic heterocycles. The number of unbranched alkanes of at least 4 members (excludes halogenated alkanes) is 1. The molecule has 0 bridgehead atoms. The Bertz CT molecular complexity index is 308. The van der Waals surface area contributed by atoms with E-state index in [2.05, 4.69) is 20.0 Å². The normalized spacial score (nSPS) is 11.7. The van der Waals surface area contributed by atoms with E-state index in [0.29, 0.717) is 0 Å². The number of hydrogen-bond donors (Lipinski definition) is 1. The zero-order chi connectivity index (χ0) is 12.0. The monoisotopic (exact) mass is 237 g/mol. The Labute approximate surface area is 99.9 Å². The fraction of sp³-hybridized carbons (Fsp3) is 0.538. The lowest BCUT2D eigenvalue weighted by atomic mass is 10.2. The maximum absolute atomic E-state index is 6.06. The molecule has 1 aromatic rings. The van der Waals surface area contributed by atoms with E-state index in [0.717, 1.165) is 12.3 Å². The second-order valence-corrected chi connectivity index (χ2v) is 9.20. The summed E-state index contributed by atoms with van der Waals surface area (Å²) in [6.07, 6.45) is 2.53. The third-order valence-electron chi connectivity index (χ3n) is 2.74. The van der Waals surface area contributed by atoms with Crippen LogP contribution in [0.4, 0.5) is 5.69 Å². The molecule has 3 heteroatoms. The van der Waals surface area contributed by atoms with E-state index in [9.17, 15) is 0 Å². The average Bonchev–Trinajstić information content (AvgIpc) is 2.26. The standard InChI is InChI=1S/C13H23NOSi/c1-4-5-10-16(2,3)15-11-12-6-8-13(14)9-7-12/h6-9H,4-5,10-11,14H2,1-3H3. The molecule has 0 saturated carbocycles. The van der Waals surface area contributed by atoms with Crippen molar-refractivity contribution in [2.75, 3.05) is 5.73 Å². The van der Waals surface area contributed by atoms with Crippen molar-refractivity contribution >= 4 is 14.0 Å². The van der Waals surface area contributed by atoms with Crippen LogP contribution in [0, 0.1) is 0 Å². The Morgan fingerprint density at radius 3 is 2.38 bits per heavy atom. The Morgan fingerprint density at radius 1 is 1.19 bits per heavy atom. The average molecular weight is 237 g/mol. The molecule has 16 heavy (non-hydrogen) atoms. The minimum atomic E-state index is -1.45. The van der Waals surface area contributed by atoms with E-state index < -0.39 is 8.32 Å². The second-order valence-electron chi connectivity index (χ2n) is 4.89. The molecule has 2 nitrogen and oxygen atoms in total. The molecule has 90 valence electrons. The molecule has 0 atom stereocenters. The van der Waals surface area contributed by atoms with Crippen LogP contribution in [0.2, 0.25) is 19.1 Å². The fourth-order valence-electron chi connectivity index (χ4n) is 1.57. The quantitative estimate of drug-likeness (QED) is 0.603. The molecule has 0 aromatic heterocycles. The molecule has 0 saturated heterocycles. The van der Waals surface area contributed by atoms with Gasteiger partial charge in [-0.25, -0.2) is 0 Å². The summed E-state index contributed by atoms with van der Waals surface area (Å²) in [5.41, 5.74) is 7.67. The topological polar surface area (TPSA) is 35.2 Å². The minimum Gasteiger partial charge on any atom is -0.413 e. The van der Waals surface area contributed by atoms with E-state index in [4.69, 9.17) is 10.2 Å². The zero-order valence-corrected chi connectivity index (χ0v) is 11.6. The summed E-state index contributed by atoms with van der Waals surface area (Å²) in [4.78, 5) is 0. The van der Waals surface area contributed by atoms with Crippen molar-refractivity contribution in [3.63, 3.8) is 0 Å². The van der Waals surface area contributed by atoms with Crippen molar-refractivity contribution in [1.82, 2.24) is 0 Å². The van der Waals surface area contributed by atoms with Gasteiger partial charge in [0.2, 0.25) is 0 Å². The van der Waals surface area contributed by atoms with Crippen LogP contribution in [-0.4, -0.2) is 8.32 Å². The Kier molecular flexibility index (Phi) is 5.02. The third kappa shape index (κ3) is 4.81. The highest BCUT2D eigenvalue weighted by atomic mass is 28.4. The first-order valence-corrected chi connectivity index (χ1v) is 9.13. The number of hydrogen-bond acceptors (Lipinski definition) is 2. The molecule has 1 rings (SSSR count). The molecule has 0 radical (unpaired) electrons. The summed E-state index contributed by atoms with van der Waals surface area (Å²) in [5, 5.41) is 0. The Hall–Kier alpha value is -0.803. The lowest BCUT2D eigenvalue weighted by molar-refractivity contribution is 0.294. The molecule has 0 heterocycles. The second kappa shape index (κ2) is 6.06. The van der Waals surface area contributed by atoms with Gasteiger partial charge in [-0.1, -0.05) is 31.9 Å². The molecule has 2 N–H and O–H groups in total. The van der Waals surface area contributed by atoms with Crippen molar-refractivity contribution in [2.45, 2.75) is 45.5 Å². The van der Waals surface area contributed by atoms with Crippen LogP contribution in [-0.2, 0) is 11.0 Å². The highest BCUT2D eigenvalue weighted by Gasteiger charge is 2.21.